The third-order valence-electron chi connectivity index (χ3n) is 3.60. The summed E-state index contributed by atoms with van der Waals surface area (Å²) < 4.78 is 5.52. The minimum Gasteiger partial charge on any atom is -0.356 e. The van der Waals surface area contributed by atoms with E-state index < -0.39 is 0 Å². The van der Waals surface area contributed by atoms with E-state index in [4.69, 9.17) is 16.1 Å². The predicted molar refractivity (Wildman–Crippen MR) is 69.8 cm³/mol. The quantitative estimate of drug-likeness (QED) is 0.765. The molecule has 1 fully saturated rings. The Bertz CT molecular complexity index is 581. The van der Waals surface area contributed by atoms with Crippen molar-refractivity contribution in [3.63, 3.8) is 0 Å². The van der Waals surface area contributed by atoms with E-state index in [0.717, 1.165) is 21.7 Å². The monoisotopic (exact) mass is 249 g/mol. The van der Waals surface area contributed by atoms with Crippen LogP contribution in [0.25, 0.3) is 11.0 Å². The van der Waals surface area contributed by atoms with Gasteiger partial charge in [0.15, 0.2) is 5.58 Å². The number of nitrogens with zero attached hydrogens (tertiary/aromatic N) is 1. The number of halogens is 1. The summed E-state index contributed by atoms with van der Waals surface area (Å²) in [5, 5.41) is 6.05. The fourth-order valence-corrected chi connectivity index (χ4v) is 2.77. The fourth-order valence-electron chi connectivity index (χ4n) is 2.47. The molecular weight excluding hydrogens is 234 g/mol. The van der Waals surface area contributed by atoms with E-state index in [9.17, 15) is 0 Å². The Morgan fingerprint density at radius 2 is 2.12 bits per heavy atom. The zero-order chi connectivity index (χ0) is 12.2. The van der Waals surface area contributed by atoms with E-state index in [1.165, 1.54) is 24.0 Å². The Labute approximate surface area is 106 Å². The van der Waals surface area contributed by atoms with E-state index in [1.54, 1.807) is 0 Å². The van der Waals surface area contributed by atoms with Crippen LogP contribution >= 0.6 is 11.6 Å². The molecule has 3 heteroatoms. The molecule has 0 spiro atoms. The highest BCUT2D eigenvalue weighted by molar-refractivity contribution is 6.35. The summed E-state index contributed by atoms with van der Waals surface area (Å²) in [7, 11) is 0. The molecule has 1 heterocycles. The van der Waals surface area contributed by atoms with Crippen molar-refractivity contribution in [2.24, 2.45) is 0 Å². The minimum absolute atomic E-state index is 0.450. The lowest BCUT2D eigenvalue weighted by atomic mass is 9.95. The van der Waals surface area contributed by atoms with E-state index in [-0.39, 0.29) is 0 Å². The topological polar surface area (TPSA) is 26.0 Å². The molecule has 0 atom stereocenters. The van der Waals surface area contributed by atoms with Crippen LogP contribution in [0.2, 0.25) is 5.02 Å². The summed E-state index contributed by atoms with van der Waals surface area (Å²) >= 11 is 6.40. The second-order valence-corrected chi connectivity index (χ2v) is 5.68. The fraction of sp³-hybridized carbons (Fsp3) is 0.500. The summed E-state index contributed by atoms with van der Waals surface area (Å²) in [5.74, 6) is 1.02. The highest BCUT2D eigenvalue weighted by Crippen LogP contribution is 2.45. The molecule has 1 aliphatic rings. The molecular formula is C14H16ClNO. The second kappa shape index (κ2) is 3.74. The number of hydrogen-bond donors (Lipinski definition) is 0. The van der Waals surface area contributed by atoms with Crippen molar-refractivity contribution in [2.45, 2.75) is 45.4 Å². The first-order valence-corrected chi connectivity index (χ1v) is 6.55. The average Bonchev–Trinajstić information content (AvgIpc) is 3.02. The van der Waals surface area contributed by atoms with Crippen LogP contribution in [0.4, 0.5) is 0 Å². The molecule has 1 aliphatic carbocycles. The van der Waals surface area contributed by atoms with Gasteiger partial charge in [0.25, 0.3) is 0 Å². The summed E-state index contributed by atoms with van der Waals surface area (Å²) in [5.41, 5.74) is 4.37. The number of rotatable bonds is 2. The lowest BCUT2D eigenvalue weighted by molar-refractivity contribution is 0.444. The first-order valence-electron chi connectivity index (χ1n) is 6.18. The van der Waals surface area contributed by atoms with Crippen LogP contribution < -0.4 is 0 Å². The summed E-state index contributed by atoms with van der Waals surface area (Å²) in [6.45, 7) is 6.43. The number of aromatic nitrogens is 1. The molecule has 17 heavy (non-hydrogen) atoms. The second-order valence-electron chi connectivity index (χ2n) is 5.27. The zero-order valence-electron chi connectivity index (χ0n) is 10.4. The molecule has 0 aliphatic heterocycles. The van der Waals surface area contributed by atoms with Crippen molar-refractivity contribution in [3.05, 3.63) is 27.9 Å². The van der Waals surface area contributed by atoms with Gasteiger partial charge < -0.3 is 4.52 Å². The first kappa shape index (κ1) is 11.1. The molecule has 0 radical (unpaired) electrons. The van der Waals surface area contributed by atoms with Crippen molar-refractivity contribution in [1.29, 1.82) is 0 Å². The number of benzene rings is 1. The van der Waals surface area contributed by atoms with Crippen LogP contribution in [0, 0.1) is 6.92 Å². The normalized spacial score (nSPS) is 16.1. The lowest BCUT2D eigenvalue weighted by Crippen LogP contribution is -1.93. The molecule has 2 nitrogen and oxygen atoms in total. The van der Waals surface area contributed by atoms with Gasteiger partial charge in [0.1, 0.15) is 0 Å². The van der Waals surface area contributed by atoms with Crippen LogP contribution in [-0.4, -0.2) is 5.16 Å². The molecule has 0 N–H and O–H groups in total. The van der Waals surface area contributed by atoms with Crippen molar-refractivity contribution in [2.75, 3.05) is 0 Å². The van der Waals surface area contributed by atoms with Gasteiger partial charge in [-0.1, -0.05) is 30.6 Å². The highest BCUT2D eigenvalue weighted by atomic mass is 35.5. The van der Waals surface area contributed by atoms with Crippen molar-refractivity contribution < 1.29 is 4.52 Å². The maximum atomic E-state index is 6.40. The van der Waals surface area contributed by atoms with Gasteiger partial charge in [-0.15, -0.1) is 0 Å². The Hall–Kier alpha value is -1.02. The first-order chi connectivity index (χ1) is 8.09. The van der Waals surface area contributed by atoms with Crippen molar-refractivity contribution in [3.8, 4) is 0 Å². The van der Waals surface area contributed by atoms with Crippen LogP contribution in [0.15, 0.2) is 10.6 Å². The van der Waals surface area contributed by atoms with Gasteiger partial charge in [0.2, 0.25) is 0 Å². The summed E-state index contributed by atoms with van der Waals surface area (Å²) in [6, 6.07) is 2.08. The third kappa shape index (κ3) is 1.66. The molecule has 90 valence electrons. The molecule has 1 aromatic heterocycles. The van der Waals surface area contributed by atoms with Crippen LogP contribution in [0.5, 0.6) is 0 Å². The Morgan fingerprint density at radius 1 is 1.41 bits per heavy atom. The lowest BCUT2D eigenvalue weighted by Gasteiger charge is -2.10. The maximum Gasteiger partial charge on any atom is 0.171 e. The van der Waals surface area contributed by atoms with Gasteiger partial charge in [-0.05, 0) is 42.9 Å². The Kier molecular flexibility index (Phi) is 2.44. The van der Waals surface area contributed by atoms with Gasteiger partial charge >= 0.3 is 0 Å². The van der Waals surface area contributed by atoms with Gasteiger partial charge in [-0.3, -0.25) is 0 Å². The molecule has 0 amide bonds. The molecule has 1 saturated carbocycles. The van der Waals surface area contributed by atoms with Gasteiger partial charge in [0.05, 0.1) is 16.1 Å². The van der Waals surface area contributed by atoms with Crippen LogP contribution in [0.3, 0.4) is 0 Å². The summed E-state index contributed by atoms with van der Waals surface area (Å²) in [6.07, 6.45) is 2.42. The Balaban J connectivity index is 2.30. The maximum absolute atomic E-state index is 6.40. The SMILES string of the molecule is Cc1c(C(C)C)cc(Cl)c2c(C3CC3)noc12. The molecule has 0 bridgehead atoms. The van der Waals surface area contributed by atoms with E-state index in [1.807, 2.05) is 0 Å². The highest BCUT2D eigenvalue weighted by Gasteiger charge is 2.31. The predicted octanol–water partition coefficient (Wildman–Crippen LogP) is 4.79. The largest absolute Gasteiger partial charge is 0.356 e. The minimum atomic E-state index is 0.450. The van der Waals surface area contributed by atoms with Gasteiger partial charge in [-0.25, -0.2) is 0 Å². The standard InChI is InChI=1S/C14H16ClNO/c1-7(2)10-6-11(15)12-13(9-4-5-9)16-17-14(12)8(10)3/h6-7,9H,4-5H2,1-3H3. The van der Waals surface area contributed by atoms with Crippen molar-refractivity contribution in [1.82, 2.24) is 5.16 Å². The van der Waals surface area contributed by atoms with Crippen LogP contribution in [0.1, 0.15) is 55.3 Å². The number of aryl methyl sites for hydroxylation is 1. The van der Waals surface area contributed by atoms with Gasteiger partial charge in [-0.2, -0.15) is 0 Å². The number of hydrogen-bond acceptors (Lipinski definition) is 2. The average molecular weight is 250 g/mol. The van der Waals surface area contributed by atoms with E-state index >= 15 is 0 Å². The molecule has 2 aromatic rings. The smallest absolute Gasteiger partial charge is 0.171 e. The van der Waals surface area contributed by atoms with E-state index in [2.05, 4.69) is 32.0 Å². The van der Waals surface area contributed by atoms with Crippen LogP contribution in [-0.2, 0) is 0 Å². The number of fused-ring (bicyclic) bond motifs is 1. The van der Waals surface area contributed by atoms with E-state index in [0.29, 0.717) is 11.8 Å². The van der Waals surface area contributed by atoms with Crippen molar-refractivity contribution >= 4 is 22.6 Å². The molecule has 0 saturated heterocycles. The molecule has 0 unspecified atom stereocenters. The molecule has 1 aromatic carbocycles. The summed E-state index contributed by atoms with van der Waals surface area (Å²) in [4.78, 5) is 0. The third-order valence-corrected chi connectivity index (χ3v) is 3.90. The Morgan fingerprint density at radius 3 is 2.71 bits per heavy atom. The molecule has 3 rings (SSSR count). The van der Waals surface area contributed by atoms with Gasteiger partial charge in [0, 0.05) is 5.92 Å². The zero-order valence-corrected chi connectivity index (χ0v) is 11.1.